The highest BCUT2D eigenvalue weighted by Crippen LogP contribution is 2.50. The molecule has 206 valence electrons. The van der Waals surface area contributed by atoms with E-state index < -0.39 is 0 Å². The summed E-state index contributed by atoms with van der Waals surface area (Å²) in [5.74, 6) is 0. The maximum atomic E-state index is 6.75. The van der Waals surface area contributed by atoms with Crippen LogP contribution in [0, 0.1) is 13.8 Å². The Hall–Kier alpha value is -5.60. The van der Waals surface area contributed by atoms with E-state index in [2.05, 4.69) is 135 Å². The second-order valence-corrected chi connectivity index (χ2v) is 12.2. The molecule has 2 aliphatic rings. The Kier molecular flexibility index (Phi) is 4.61. The summed E-state index contributed by atoms with van der Waals surface area (Å²) in [5, 5.41) is 9.39. The average molecular weight is 563 g/mol. The summed E-state index contributed by atoms with van der Waals surface area (Å²) < 4.78 is 13.5. The number of fused-ring (bicyclic) bond motifs is 4. The molecule has 0 saturated heterocycles. The molecule has 2 heteroatoms. The molecule has 0 N–H and O–H groups in total. The molecule has 0 saturated carbocycles. The number of hydrogen-bond donors (Lipinski definition) is 0. The van der Waals surface area contributed by atoms with Gasteiger partial charge in [-0.25, -0.2) is 0 Å². The molecule has 2 nitrogen and oxygen atoms in total. The first-order chi connectivity index (χ1) is 21.6. The second kappa shape index (κ2) is 8.49. The van der Waals surface area contributed by atoms with Crippen LogP contribution in [0.4, 0.5) is 0 Å². The second-order valence-electron chi connectivity index (χ2n) is 12.2. The first kappa shape index (κ1) is 23.9. The van der Waals surface area contributed by atoms with Crippen molar-refractivity contribution >= 4 is 65.4 Å². The van der Waals surface area contributed by atoms with Crippen molar-refractivity contribution in [1.29, 1.82) is 0 Å². The highest BCUT2D eigenvalue weighted by molar-refractivity contribution is 6.30. The standard InChI is InChI=1S/C42H26O2/c1-23-7-3-5-9-29(23)25-11-13-27-21-37-39-31(33(27)19-25)15-17-35-41(39)42-36(43-37)18-16-32-34-20-26(30-10-6-4-8-24(30)2)12-14-28(34)22-38(44-35)40(32)42/h3-22H,1-2H3. The molecule has 8 aromatic rings. The fourth-order valence-electron chi connectivity index (χ4n) is 7.58. The molecular weight excluding hydrogens is 536 g/mol. The third kappa shape index (κ3) is 3.15. The third-order valence-corrected chi connectivity index (χ3v) is 9.69. The number of aryl methyl sites for hydroxylation is 2. The van der Waals surface area contributed by atoms with Gasteiger partial charge in [0.1, 0.15) is 22.3 Å². The van der Waals surface area contributed by atoms with E-state index in [1.807, 2.05) is 0 Å². The highest BCUT2D eigenvalue weighted by atomic mass is 16.3. The van der Waals surface area contributed by atoms with E-state index in [1.165, 1.54) is 65.7 Å². The van der Waals surface area contributed by atoms with Crippen LogP contribution in [0.25, 0.3) is 98.8 Å². The fraction of sp³-hybridized carbons (Fsp3) is 0.0476. The maximum Gasteiger partial charge on any atom is 0.136 e. The van der Waals surface area contributed by atoms with Crippen molar-refractivity contribution in [2.45, 2.75) is 13.8 Å². The molecule has 10 rings (SSSR count). The molecule has 2 heterocycles. The minimum absolute atomic E-state index is 0.883. The summed E-state index contributed by atoms with van der Waals surface area (Å²) in [6, 6.07) is 43.8. The van der Waals surface area contributed by atoms with E-state index in [4.69, 9.17) is 8.83 Å². The first-order valence-electron chi connectivity index (χ1n) is 15.2. The smallest absolute Gasteiger partial charge is 0.136 e. The minimum atomic E-state index is 0.883. The van der Waals surface area contributed by atoms with Gasteiger partial charge in [0.25, 0.3) is 0 Å². The van der Waals surface area contributed by atoms with Gasteiger partial charge >= 0.3 is 0 Å². The van der Waals surface area contributed by atoms with Crippen LogP contribution in [0.1, 0.15) is 11.1 Å². The van der Waals surface area contributed by atoms with Gasteiger partial charge in [0.05, 0.1) is 0 Å². The SMILES string of the molecule is Cc1ccccc1-c1ccc2cc3oc4ccc5c6cc(-c7ccccc7C)ccc6cc6oc7ccc(c2c1)c3c7-c4c65. The molecular formula is C42H26O2. The van der Waals surface area contributed by atoms with Crippen LogP contribution in [0.5, 0.6) is 0 Å². The quantitative estimate of drug-likeness (QED) is 0.155. The molecule has 44 heavy (non-hydrogen) atoms. The molecule has 0 aliphatic carbocycles. The van der Waals surface area contributed by atoms with Crippen LogP contribution < -0.4 is 0 Å². The maximum absolute atomic E-state index is 6.75. The Morgan fingerprint density at radius 3 is 1.30 bits per heavy atom. The van der Waals surface area contributed by atoms with Crippen molar-refractivity contribution in [3.05, 3.63) is 132 Å². The molecule has 0 aromatic heterocycles. The summed E-state index contributed by atoms with van der Waals surface area (Å²) in [5.41, 5.74) is 13.3. The normalized spacial score (nSPS) is 12.3. The average Bonchev–Trinajstić information content (AvgIpc) is 3.05. The number of benzene rings is 8. The Morgan fingerprint density at radius 1 is 0.386 bits per heavy atom. The van der Waals surface area contributed by atoms with Gasteiger partial charge in [0, 0.05) is 21.9 Å². The van der Waals surface area contributed by atoms with E-state index in [-0.39, 0.29) is 0 Å². The van der Waals surface area contributed by atoms with Crippen molar-refractivity contribution in [3.8, 4) is 33.4 Å². The van der Waals surface area contributed by atoms with Crippen molar-refractivity contribution in [3.63, 3.8) is 0 Å². The molecule has 8 aromatic carbocycles. The van der Waals surface area contributed by atoms with Gasteiger partial charge < -0.3 is 8.83 Å². The lowest BCUT2D eigenvalue weighted by atomic mass is 9.86. The largest absolute Gasteiger partial charge is 0.456 e. The molecule has 0 amide bonds. The number of rotatable bonds is 2. The van der Waals surface area contributed by atoms with Gasteiger partial charge in [0.2, 0.25) is 0 Å². The van der Waals surface area contributed by atoms with Gasteiger partial charge in [0.15, 0.2) is 0 Å². The third-order valence-electron chi connectivity index (χ3n) is 9.69. The zero-order valence-corrected chi connectivity index (χ0v) is 24.4. The Balaban J connectivity index is 1.30. The Morgan fingerprint density at radius 2 is 0.841 bits per heavy atom. The monoisotopic (exact) mass is 562 g/mol. The van der Waals surface area contributed by atoms with Gasteiger partial charge in [-0.1, -0.05) is 72.8 Å². The van der Waals surface area contributed by atoms with E-state index in [0.29, 0.717) is 0 Å². The molecule has 0 bridgehead atoms. The van der Waals surface area contributed by atoms with Gasteiger partial charge in [-0.05, 0) is 128 Å². The minimum Gasteiger partial charge on any atom is -0.456 e. The predicted molar refractivity (Wildman–Crippen MR) is 184 cm³/mol. The predicted octanol–water partition coefficient (Wildman–Crippen LogP) is 12.3. The van der Waals surface area contributed by atoms with E-state index in [0.717, 1.165) is 44.2 Å². The highest BCUT2D eigenvalue weighted by Gasteiger charge is 2.26. The summed E-state index contributed by atoms with van der Waals surface area (Å²) in [6.45, 7) is 4.35. The van der Waals surface area contributed by atoms with Crippen LogP contribution in [-0.2, 0) is 0 Å². The van der Waals surface area contributed by atoms with Crippen LogP contribution in [0.2, 0.25) is 0 Å². The van der Waals surface area contributed by atoms with Crippen LogP contribution in [0.3, 0.4) is 0 Å². The summed E-state index contributed by atoms with van der Waals surface area (Å²) >= 11 is 0. The summed E-state index contributed by atoms with van der Waals surface area (Å²) in [6.07, 6.45) is 0. The molecule has 0 spiro atoms. The van der Waals surface area contributed by atoms with Crippen LogP contribution in [0.15, 0.2) is 130 Å². The first-order valence-corrected chi connectivity index (χ1v) is 15.2. The summed E-state index contributed by atoms with van der Waals surface area (Å²) in [7, 11) is 0. The fourth-order valence-corrected chi connectivity index (χ4v) is 7.58. The lowest BCUT2D eigenvalue weighted by molar-refractivity contribution is 0.647. The zero-order chi connectivity index (χ0) is 29.1. The van der Waals surface area contributed by atoms with Crippen molar-refractivity contribution in [1.82, 2.24) is 0 Å². The van der Waals surface area contributed by atoms with Crippen molar-refractivity contribution in [2.75, 3.05) is 0 Å². The molecule has 2 aliphatic heterocycles. The Bertz CT molecular complexity index is 2540. The van der Waals surface area contributed by atoms with Crippen LogP contribution >= 0.6 is 0 Å². The number of hydrogen-bond acceptors (Lipinski definition) is 2. The van der Waals surface area contributed by atoms with Crippen molar-refractivity contribution < 1.29 is 8.83 Å². The lowest BCUT2D eigenvalue weighted by Crippen LogP contribution is -1.96. The van der Waals surface area contributed by atoms with E-state index in [1.54, 1.807) is 0 Å². The Labute approximate surface area is 253 Å². The van der Waals surface area contributed by atoms with Crippen molar-refractivity contribution in [2.24, 2.45) is 0 Å². The van der Waals surface area contributed by atoms with Gasteiger partial charge in [-0.2, -0.15) is 0 Å². The van der Waals surface area contributed by atoms with Crippen LogP contribution in [-0.4, -0.2) is 0 Å². The zero-order valence-electron chi connectivity index (χ0n) is 24.4. The molecule has 0 radical (unpaired) electrons. The topological polar surface area (TPSA) is 26.3 Å². The van der Waals surface area contributed by atoms with E-state index >= 15 is 0 Å². The molecule has 0 fully saturated rings. The van der Waals surface area contributed by atoms with Gasteiger partial charge in [-0.15, -0.1) is 0 Å². The summed E-state index contributed by atoms with van der Waals surface area (Å²) in [4.78, 5) is 0. The van der Waals surface area contributed by atoms with Gasteiger partial charge in [-0.3, -0.25) is 0 Å². The van der Waals surface area contributed by atoms with E-state index in [9.17, 15) is 0 Å². The molecule has 0 unspecified atom stereocenters. The lowest BCUT2D eigenvalue weighted by Gasteiger charge is -2.21. The molecule has 0 atom stereocenters.